The fraction of sp³-hybridized carbons (Fsp3) is 1.00. The zero-order valence-electron chi connectivity index (χ0n) is 26.5. The molecule has 0 aliphatic rings. The Bertz CT molecular complexity index is 486. The lowest BCUT2D eigenvalue weighted by molar-refractivity contribution is 0.00571. The number of rotatable bonds is 12. The first-order valence-electron chi connectivity index (χ1n) is 13.9. The van der Waals surface area contributed by atoms with E-state index in [0.29, 0.717) is 34.4 Å². The highest BCUT2D eigenvalue weighted by molar-refractivity contribution is 6.70. The minimum absolute atomic E-state index is 0.147. The van der Waals surface area contributed by atoms with E-state index in [4.69, 9.17) is 17.7 Å². The highest BCUT2D eigenvalue weighted by atomic mass is 28.4. The molecule has 6 heteroatoms. The zero-order valence-corrected chi connectivity index (χ0v) is 28.5. The molecule has 0 N–H and O–H groups in total. The summed E-state index contributed by atoms with van der Waals surface area (Å²) in [5.74, 6) is 0. The molecular formula is C28H64O4Si2. The van der Waals surface area contributed by atoms with Gasteiger partial charge in [0, 0.05) is 12.2 Å². The Labute approximate surface area is 217 Å². The van der Waals surface area contributed by atoms with Crippen LogP contribution < -0.4 is 0 Å². The lowest BCUT2D eigenvalue weighted by atomic mass is 10.2. The second-order valence-corrected chi connectivity index (χ2v) is 21.5. The van der Waals surface area contributed by atoms with E-state index >= 15 is 0 Å². The van der Waals surface area contributed by atoms with Gasteiger partial charge in [0.15, 0.2) is 0 Å². The van der Waals surface area contributed by atoms with Crippen LogP contribution in [0.15, 0.2) is 0 Å². The summed E-state index contributed by atoms with van der Waals surface area (Å²) in [6.07, 6.45) is 2.71. The van der Waals surface area contributed by atoms with Crippen LogP contribution in [0.2, 0.25) is 22.2 Å². The Morgan fingerprint density at radius 2 is 0.706 bits per heavy atom. The van der Waals surface area contributed by atoms with Crippen LogP contribution in [-0.2, 0) is 17.7 Å². The van der Waals surface area contributed by atoms with Gasteiger partial charge in [-0.1, -0.05) is 69.2 Å². The first kappa shape index (κ1) is 36.4. The minimum atomic E-state index is -2.22. The molecule has 0 amide bonds. The van der Waals surface area contributed by atoms with E-state index in [9.17, 15) is 0 Å². The molecule has 0 bridgehead atoms. The Morgan fingerprint density at radius 3 is 0.853 bits per heavy atom. The predicted octanol–water partition coefficient (Wildman–Crippen LogP) is 9.76. The standard InChI is InChI=1S/2C14H32O2Si/c1-11(2)17(12(3)4,15-13(5,6)7)16-14(8,9)10;1-9-13(7)15-17(11(3)4,12(5)6)16-14(8)10-2/h11-12H,1-10H3;11-14H,9-10H2,1-8H3. The molecule has 2 unspecified atom stereocenters. The van der Waals surface area contributed by atoms with Gasteiger partial charge in [-0.25, -0.2) is 0 Å². The second kappa shape index (κ2) is 14.9. The molecule has 34 heavy (non-hydrogen) atoms. The summed E-state index contributed by atoms with van der Waals surface area (Å²) in [6, 6.07) is 0. The molecule has 0 fully saturated rings. The molecule has 208 valence electrons. The van der Waals surface area contributed by atoms with Crippen LogP contribution in [0.25, 0.3) is 0 Å². The van der Waals surface area contributed by atoms with Crippen LogP contribution in [0, 0.1) is 0 Å². The third-order valence-electron chi connectivity index (χ3n) is 6.07. The quantitative estimate of drug-likeness (QED) is 0.240. The molecule has 0 radical (unpaired) electrons. The van der Waals surface area contributed by atoms with Crippen LogP contribution in [0.3, 0.4) is 0 Å². The maximum Gasteiger partial charge on any atom is 0.344 e. The van der Waals surface area contributed by atoms with Crippen molar-refractivity contribution in [3.05, 3.63) is 0 Å². The Morgan fingerprint density at radius 1 is 0.471 bits per heavy atom. The smallest absolute Gasteiger partial charge is 0.344 e. The number of hydrogen-bond acceptors (Lipinski definition) is 4. The lowest BCUT2D eigenvalue weighted by Gasteiger charge is -2.45. The summed E-state index contributed by atoms with van der Waals surface area (Å²) in [6.45, 7) is 39.3. The molecular weight excluding hydrogens is 456 g/mol. The molecule has 0 rings (SSSR count). The van der Waals surface area contributed by atoms with Gasteiger partial charge < -0.3 is 17.7 Å². The monoisotopic (exact) mass is 520 g/mol. The first-order chi connectivity index (χ1) is 15.1. The topological polar surface area (TPSA) is 36.9 Å². The van der Waals surface area contributed by atoms with Gasteiger partial charge in [-0.3, -0.25) is 0 Å². The van der Waals surface area contributed by atoms with Crippen LogP contribution in [0.5, 0.6) is 0 Å². The summed E-state index contributed by atoms with van der Waals surface area (Å²) in [5.41, 5.74) is 1.58. The molecule has 0 spiro atoms. The van der Waals surface area contributed by atoms with Crippen molar-refractivity contribution in [2.24, 2.45) is 0 Å². The molecule has 0 saturated carbocycles. The molecule has 0 aliphatic heterocycles. The van der Waals surface area contributed by atoms with Gasteiger partial charge in [0.05, 0.1) is 11.2 Å². The molecule has 0 aliphatic carbocycles. The fourth-order valence-electron chi connectivity index (χ4n) is 4.15. The van der Waals surface area contributed by atoms with Crippen molar-refractivity contribution in [3.8, 4) is 0 Å². The molecule has 0 heterocycles. The van der Waals surface area contributed by atoms with Gasteiger partial charge in [0.2, 0.25) is 0 Å². The first-order valence-corrected chi connectivity index (χ1v) is 17.8. The summed E-state index contributed by atoms with van der Waals surface area (Å²) < 4.78 is 25.7. The van der Waals surface area contributed by atoms with E-state index in [1.807, 2.05) is 0 Å². The third-order valence-corrected chi connectivity index (χ3v) is 15.9. The van der Waals surface area contributed by atoms with Crippen molar-refractivity contribution >= 4 is 17.1 Å². The van der Waals surface area contributed by atoms with Crippen LogP contribution >= 0.6 is 0 Å². The summed E-state index contributed by atoms with van der Waals surface area (Å²) in [5, 5.41) is 0. The summed E-state index contributed by atoms with van der Waals surface area (Å²) in [7, 11) is -4.34. The predicted molar refractivity (Wildman–Crippen MR) is 155 cm³/mol. The molecule has 0 aromatic rings. The maximum absolute atomic E-state index is 6.44. The Kier molecular flexibility index (Phi) is 15.9. The SMILES string of the molecule is CC(C)[Si](OC(C)(C)C)(OC(C)(C)C)C(C)C.CCC(C)O[Si](OC(C)CC)(C(C)C)C(C)C. The van der Waals surface area contributed by atoms with Crippen LogP contribution in [0.1, 0.15) is 137 Å². The van der Waals surface area contributed by atoms with Gasteiger partial charge in [-0.05, 0) is 90.4 Å². The van der Waals surface area contributed by atoms with Crippen molar-refractivity contribution in [1.82, 2.24) is 0 Å². The van der Waals surface area contributed by atoms with Crippen molar-refractivity contribution in [2.45, 2.75) is 183 Å². The van der Waals surface area contributed by atoms with E-state index in [0.717, 1.165) is 12.8 Å². The minimum Gasteiger partial charge on any atom is -0.391 e. The summed E-state index contributed by atoms with van der Waals surface area (Å²) in [4.78, 5) is 0. The van der Waals surface area contributed by atoms with E-state index in [2.05, 4.69) is 125 Å². The zero-order chi connectivity index (χ0) is 27.7. The Balaban J connectivity index is 0. The molecule has 0 aromatic heterocycles. The fourth-order valence-corrected chi connectivity index (χ4v) is 12.5. The highest BCUT2D eigenvalue weighted by Gasteiger charge is 2.50. The molecule has 0 saturated heterocycles. The Hall–Kier alpha value is 0.274. The number of hydrogen-bond donors (Lipinski definition) is 0. The molecule has 4 nitrogen and oxygen atoms in total. The van der Waals surface area contributed by atoms with Crippen LogP contribution in [0.4, 0.5) is 0 Å². The average molecular weight is 521 g/mol. The molecule has 2 atom stereocenters. The van der Waals surface area contributed by atoms with Crippen molar-refractivity contribution < 1.29 is 17.7 Å². The van der Waals surface area contributed by atoms with Gasteiger partial charge in [-0.15, -0.1) is 0 Å². The highest BCUT2D eigenvalue weighted by Crippen LogP contribution is 2.40. The largest absolute Gasteiger partial charge is 0.391 e. The van der Waals surface area contributed by atoms with E-state index < -0.39 is 17.1 Å². The second-order valence-electron chi connectivity index (χ2n) is 13.2. The molecule has 0 aromatic carbocycles. The van der Waals surface area contributed by atoms with Gasteiger partial charge in [0.25, 0.3) is 0 Å². The summed E-state index contributed by atoms with van der Waals surface area (Å²) >= 11 is 0. The van der Waals surface area contributed by atoms with Gasteiger partial charge in [-0.2, -0.15) is 0 Å². The van der Waals surface area contributed by atoms with E-state index in [1.54, 1.807) is 0 Å². The van der Waals surface area contributed by atoms with Crippen LogP contribution in [-0.4, -0.2) is 40.5 Å². The van der Waals surface area contributed by atoms with Crippen molar-refractivity contribution in [3.63, 3.8) is 0 Å². The lowest BCUT2D eigenvalue weighted by Crippen LogP contribution is -2.55. The normalized spacial score (nSPS) is 15.7. The average Bonchev–Trinajstić information content (AvgIpc) is 2.63. The van der Waals surface area contributed by atoms with Crippen molar-refractivity contribution in [2.75, 3.05) is 0 Å². The van der Waals surface area contributed by atoms with E-state index in [1.165, 1.54) is 0 Å². The van der Waals surface area contributed by atoms with E-state index in [-0.39, 0.29) is 11.2 Å². The maximum atomic E-state index is 6.44. The van der Waals surface area contributed by atoms with Crippen molar-refractivity contribution in [1.29, 1.82) is 0 Å². The van der Waals surface area contributed by atoms with Gasteiger partial charge in [0.1, 0.15) is 0 Å². The third kappa shape index (κ3) is 12.5. The van der Waals surface area contributed by atoms with Gasteiger partial charge >= 0.3 is 17.1 Å².